The average Bonchev–Trinajstić information content (AvgIpc) is 2.36. The van der Waals surface area contributed by atoms with Crippen molar-refractivity contribution in [3.8, 4) is 5.75 Å². The first-order chi connectivity index (χ1) is 10.2. The number of aliphatic carboxylic acids is 1. The molecule has 0 bridgehead atoms. The third-order valence-electron chi connectivity index (χ3n) is 2.64. The number of rotatable bonds is 6. The maximum Gasteiger partial charge on any atom is 0.408 e. The number of carboxylic acids is 1. The second kappa shape index (κ2) is 7.68. The van der Waals surface area contributed by atoms with Gasteiger partial charge >= 0.3 is 12.1 Å². The number of benzene rings is 1. The number of carbonyl (C=O) groups excluding carboxylic acids is 1. The Labute approximate surface area is 130 Å². The van der Waals surface area contributed by atoms with Crippen molar-refractivity contribution in [2.45, 2.75) is 45.8 Å². The van der Waals surface area contributed by atoms with Gasteiger partial charge in [0.25, 0.3) is 0 Å². The summed E-state index contributed by atoms with van der Waals surface area (Å²) in [7, 11) is 0. The summed E-state index contributed by atoms with van der Waals surface area (Å²) in [5.74, 6) is -0.385. The number of alkyl carbamates (subject to hydrolysis) is 1. The van der Waals surface area contributed by atoms with Crippen LogP contribution in [0, 0.1) is 0 Å². The van der Waals surface area contributed by atoms with Crippen LogP contribution in [-0.2, 0) is 9.53 Å². The number of carboxylic acid groups (broad SMARTS) is 1. The van der Waals surface area contributed by atoms with Gasteiger partial charge in [-0.3, -0.25) is 4.79 Å². The molecule has 0 radical (unpaired) electrons. The maximum atomic E-state index is 11.9. The molecular formula is C16H23NO5. The van der Waals surface area contributed by atoms with Crippen LogP contribution in [0.3, 0.4) is 0 Å². The van der Waals surface area contributed by atoms with Crippen molar-refractivity contribution in [3.63, 3.8) is 0 Å². The van der Waals surface area contributed by atoms with E-state index in [1.807, 2.05) is 6.92 Å². The van der Waals surface area contributed by atoms with Gasteiger partial charge in [-0.15, -0.1) is 0 Å². The minimum Gasteiger partial charge on any atom is -0.494 e. The van der Waals surface area contributed by atoms with Gasteiger partial charge in [-0.05, 0) is 45.4 Å². The van der Waals surface area contributed by atoms with Gasteiger partial charge in [-0.2, -0.15) is 0 Å². The monoisotopic (exact) mass is 309 g/mol. The number of amides is 1. The molecule has 0 heterocycles. The van der Waals surface area contributed by atoms with E-state index in [4.69, 9.17) is 14.6 Å². The van der Waals surface area contributed by atoms with E-state index < -0.39 is 23.7 Å². The topological polar surface area (TPSA) is 84.9 Å². The molecule has 0 saturated heterocycles. The van der Waals surface area contributed by atoms with Gasteiger partial charge in [0.05, 0.1) is 19.1 Å². The second-order valence-electron chi connectivity index (χ2n) is 5.80. The van der Waals surface area contributed by atoms with Gasteiger partial charge in [0.2, 0.25) is 0 Å². The number of hydrogen-bond donors (Lipinski definition) is 2. The third kappa shape index (κ3) is 6.47. The fraction of sp³-hybridized carbons (Fsp3) is 0.500. The van der Waals surface area contributed by atoms with E-state index in [1.165, 1.54) is 0 Å². The van der Waals surface area contributed by atoms with Crippen LogP contribution in [0.5, 0.6) is 5.75 Å². The molecule has 0 aromatic heterocycles. The van der Waals surface area contributed by atoms with E-state index in [0.717, 1.165) is 0 Å². The fourth-order valence-corrected chi connectivity index (χ4v) is 1.86. The summed E-state index contributed by atoms with van der Waals surface area (Å²) < 4.78 is 10.6. The van der Waals surface area contributed by atoms with Crippen LogP contribution in [0.25, 0.3) is 0 Å². The van der Waals surface area contributed by atoms with Crippen LogP contribution in [-0.4, -0.2) is 29.4 Å². The maximum absolute atomic E-state index is 11.9. The molecular weight excluding hydrogens is 286 g/mol. The minimum absolute atomic E-state index is 0.241. The zero-order valence-corrected chi connectivity index (χ0v) is 13.4. The third-order valence-corrected chi connectivity index (χ3v) is 2.64. The number of hydrogen-bond acceptors (Lipinski definition) is 4. The quantitative estimate of drug-likeness (QED) is 0.843. The van der Waals surface area contributed by atoms with Gasteiger partial charge in [-0.25, -0.2) is 4.79 Å². The Kier molecular flexibility index (Phi) is 6.22. The van der Waals surface area contributed by atoms with Gasteiger partial charge in [0.15, 0.2) is 0 Å². The Bertz CT molecular complexity index is 522. The smallest absolute Gasteiger partial charge is 0.408 e. The van der Waals surface area contributed by atoms with E-state index in [9.17, 15) is 9.59 Å². The zero-order chi connectivity index (χ0) is 16.8. The molecule has 1 amide bonds. The van der Waals surface area contributed by atoms with Crippen molar-refractivity contribution in [1.82, 2.24) is 5.32 Å². The highest BCUT2D eigenvalue weighted by Gasteiger charge is 2.22. The summed E-state index contributed by atoms with van der Waals surface area (Å²) in [6.07, 6.45) is -0.894. The van der Waals surface area contributed by atoms with E-state index in [0.29, 0.717) is 17.9 Å². The number of nitrogens with one attached hydrogen (secondary N) is 1. The summed E-state index contributed by atoms with van der Waals surface area (Å²) in [6.45, 7) is 7.60. The molecule has 0 aliphatic carbocycles. The molecule has 2 N–H and O–H groups in total. The molecule has 1 aromatic carbocycles. The van der Waals surface area contributed by atoms with Crippen molar-refractivity contribution >= 4 is 12.1 Å². The largest absolute Gasteiger partial charge is 0.494 e. The predicted molar refractivity (Wildman–Crippen MR) is 82.0 cm³/mol. The van der Waals surface area contributed by atoms with Crippen molar-refractivity contribution in [2.75, 3.05) is 6.61 Å². The van der Waals surface area contributed by atoms with Crippen molar-refractivity contribution in [3.05, 3.63) is 29.8 Å². The zero-order valence-electron chi connectivity index (χ0n) is 13.4. The lowest BCUT2D eigenvalue weighted by Gasteiger charge is -2.23. The molecule has 22 heavy (non-hydrogen) atoms. The molecule has 0 aliphatic rings. The van der Waals surface area contributed by atoms with Crippen molar-refractivity contribution in [1.29, 1.82) is 0 Å². The molecule has 1 rings (SSSR count). The van der Waals surface area contributed by atoms with Crippen LogP contribution < -0.4 is 10.1 Å². The molecule has 1 aromatic rings. The first-order valence-electron chi connectivity index (χ1n) is 7.15. The molecule has 6 nitrogen and oxygen atoms in total. The highest BCUT2D eigenvalue weighted by molar-refractivity contribution is 5.72. The highest BCUT2D eigenvalue weighted by Crippen LogP contribution is 2.22. The Morgan fingerprint density at radius 1 is 1.32 bits per heavy atom. The molecule has 0 spiro atoms. The number of carbonyl (C=O) groups is 2. The van der Waals surface area contributed by atoms with Gasteiger partial charge in [0.1, 0.15) is 11.4 Å². The van der Waals surface area contributed by atoms with Crippen LogP contribution >= 0.6 is 0 Å². The molecule has 0 aliphatic heterocycles. The van der Waals surface area contributed by atoms with Crippen LogP contribution in [0.15, 0.2) is 24.3 Å². The molecule has 0 fully saturated rings. The summed E-state index contributed by atoms with van der Waals surface area (Å²) in [5.41, 5.74) is 0.00425. The summed E-state index contributed by atoms with van der Waals surface area (Å²) in [6, 6.07) is 6.31. The molecule has 122 valence electrons. The lowest BCUT2D eigenvalue weighted by Crippen LogP contribution is -2.35. The average molecular weight is 309 g/mol. The molecule has 0 unspecified atom stereocenters. The Hall–Kier alpha value is -2.24. The van der Waals surface area contributed by atoms with E-state index in [2.05, 4.69) is 5.32 Å². The Morgan fingerprint density at radius 2 is 2.00 bits per heavy atom. The fourth-order valence-electron chi connectivity index (χ4n) is 1.86. The van der Waals surface area contributed by atoms with Crippen LogP contribution in [0.4, 0.5) is 4.79 Å². The van der Waals surface area contributed by atoms with Crippen LogP contribution in [0.1, 0.15) is 45.7 Å². The highest BCUT2D eigenvalue weighted by atomic mass is 16.6. The van der Waals surface area contributed by atoms with Gasteiger partial charge in [-0.1, -0.05) is 12.1 Å². The minimum atomic E-state index is -1.01. The first kappa shape index (κ1) is 17.8. The van der Waals surface area contributed by atoms with Crippen LogP contribution in [0.2, 0.25) is 0 Å². The summed E-state index contributed by atoms with van der Waals surface area (Å²) >= 11 is 0. The second-order valence-corrected chi connectivity index (χ2v) is 5.80. The van der Waals surface area contributed by atoms with E-state index in [-0.39, 0.29) is 6.42 Å². The Balaban J connectivity index is 2.90. The molecule has 1 atom stereocenters. The van der Waals surface area contributed by atoms with Crippen molar-refractivity contribution in [2.24, 2.45) is 0 Å². The lowest BCUT2D eigenvalue weighted by molar-refractivity contribution is -0.137. The van der Waals surface area contributed by atoms with Gasteiger partial charge in [0, 0.05) is 0 Å². The van der Waals surface area contributed by atoms with Gasteiger partial charge < -0.3 is 19.9 Å². The standard InChI is InChI=1S/C16H23NO5/c1-5-21-12-8-6-7-11(9-12)13(10-14(18)19)17-15(20)22-16(2,3)4/h6-9,13H,5,10H2,1-4H3,(H,17,20)(H,18,19)/t13-/m0/s1. The summed E-state index contributed by atoms with van der Waals surface area (Å²) in [5, 5.41) is 11.6. The SMILES string of the molecule is CCOc1cccc([C@H](CC(=O)O)NC(=O)OC(C)(C)C)c1. The van der Waals surface area contributed by atoms with Crippen molar-refractivity contribution < 1.29 is 24.2 Å². The van der Waals surface area contributed by atoms with E-state index >= 15 is 0 Å². The molecule has 0 saturated carbocycles. The lowest BCUT2D eigenvalue weighted by atomic mass is 10.0. The Morgan fingerprint density at radius 3 is 2.55 bits per heavy atom. The molecule has 6 heteroatoms. The summed E-state index contributed by atoms with van der Waals surface area (Å²) in [4.78, 5) is 22.9. The first-order valence-corrected chi connectivity index (χ1v) is 7.15. The predicted octanol–water partition coefficient (Wildman–Crippen LogP) is 3.13. The van der Waals surface area contributed by atoms with E-state index in [1.54, 1.807) is 45.0 Å². The number of ether oxygens (including phenoxy) is 2. The normalized spacial score (nSPS) is 12.4.